The Morgan fingerprint density at radius 2 is 2.18 bits per heavy atom. The quantitative estimate of drug-likeness (QED) is 0.843. The van der Waals surface area contributed by atoms with Gasteiger partial charge in [0.25, 0.3) is 0 Å². The summed E-state index contributed by atoms with van der Waals surface area (Å²) < 4.78 is 31.5. The van der Waals surface area contributed by atoms with E-state index in [4.69, 9.17) is 4.74 Å². The number of sulfonamides is 1. The molecule has 0 atom stereocenters. The van der Waals surface area contributed by atoms with Gasteiger partial charge in [-0.2, -0.15) is 15.6 Å². The number of rotatable bonds is 4. The number of hydrogen-bond acceptors (Lipinski definition) is 4. The Morgan fingerprint density at radius 3 is 2.71 bits per heavy atom. The molecule has 2 rings (SSSR count). The first-order valence-electron chi connectivity index (χ1n) is 5.78. The Kier molecular flexibility index (Phi) is 4.19. The lowest BCUT2D eigenvalue weighted by molar-refractivity contribution is 0.0290. The minimum Gasteiger partial charge on any atom is -0.378 e. The zero-order valence-electron chi connectivity index (χ0n) is 9.83. The fourth-order valence-corrected chi connectivity index (χ4v) is 4.51. The van der Waals surface area contributed by atoms with E-state index in [9.17, 15) is 8.42 Å². The molecule has 17 heavy (non-hydrogen) atoms. The molecular weight excluding hydrogens is 258 g/mol. The van der Waals surface area contributed by atoms with Crippen molar-refractivity contribution in [1.29, 1.82) is 0 Å². The summed E-state index contributed by atoms with van der Waals surface area (Å²) in [6.07, 6.45) is 1.79. The van der Waals surface area contributed by atoms with Crippen molar-refractivity contribution in [2.24, 2.45) is 0 Å². The highest BCUT2D eigenvalue weighted by Crippen LogP contribution is 2.23. The van der Waals surface area contributed by atoms with Crippen molar-refractivity contribution in [3.05, 3.63) is 16.8 Å². The van der Waals surface area contributed by atoms with Crippen LogP contribution >= 0.6 is 11.3 Å². The van der Waals surface area contributed by atoms with Crippen LogP contribution < -0.4 is 0 Å². The topological polar surface area (TPSA) is 46.6 Å². The van der Waals surface area contributed by atoms with E-state index in [2.05, 4.69) is 0 Å². The molecule has 0 unspecified atom stereocenters. The van der Waals surface area contributed by atoms with Crippen molar-refractivity contribution in [2.75, 3.05) is 19.7 Å². The van der Waals surface area contributed by atoms with Crippen LogP contribution in [0.5, 0.6) is 0 Å². The molecule has 0 N–H and O–H groups in total. The fourth-order valence-electron chi connectivity index (χ4n) is 2.02. The lowest BCUT2D eigenvalue weighted by Gasteiger charge is -2.30. The van der Waals surface area contributed by atoms with E-state index in [-0.39, 0.29) is 6.10 Å². The van der Waals surface area contributed by atoms with E-state index in [0.717, 1.165) is 12.8 Å². The summed E-state index contributed by atoms with van der Waals surface area (Å²) in [6.45, 7) is 3.78. The molecule has 0 saturated carbocycles. The van der Waals surface area contributed by atoms with Gasteiger partial charge in [-0.1, -0.05) is 0 Å². The van der Waals surface area contributed by atoms with Crippen LogP contribution in [-0.4, -0.2) is 38.5 Å². The summed E-state index contributed by atoms with van der Waals surface area (Å²) in [7, 11) is -3.27. The van der Waals surface area contributed by atoms with Gasteiger partial charge in [-0.05, 0) is 31.2 Å². The standard InChI is InChI=1S/C11H17NO3S2/c1-2-15-10-3-6-12(7-4-10)17(13,14)11-5-8-16-9-11/h5,8-10H,2-4,6-7H2,1H3. The molecule has 1 aromatic heterocycles. The van der Waals surface area contributed by atoms with Crippen LogP contribution in [0.2, 0.25) is 0 Å². The number of thiophene rings is 1. The minimum absolute atomic E-state index is 0.217. The van der Waals surface area contributed by atoms with Crippen molar-refractivity contribution < 1.29 is 13.2 Å². The number of nitrogens with zero attached hydrogens (tertiary/aromatic N) is 1. The fraction of sp³-hybridized carbons (Fsp3) is 0.636. The van der Waals surface area contributed by atoms with Gasteiger partial charge in [0, 0.05) is 25.1 Å². The average molecular weight is 275 g/mol. The zero-order chi connectivity index (χ0) is 12.3. The monoisotopic (exact) mass is 275 g/mol. The Morgan fingerprint density at radius 1 is 1.47 bits per heavy atom. The summed E-state index contributed by atoms with van der Waals surface area (Å²) in [5.74, 6) is 0. The van der Waals surface area contributed by atoms with Crippen LogP contribution in [0.4, 0.5) is 0 Å². The van der Waals surface area contributed by atoms with Gasteiger partial charge in [-0.25, -0.2) is 8.42 Å². The van der Waals surface area contributed by atoms with Gasteiger partial charge in [0.1, 0.15) is 0 Å². The SMILES string of the molecule is CCOC1CCN(S(=O)(=O)c2ccsc2)CC1. The van der Waals surface area contributed by atoms with Crippen molar-refractivity contribution in [3.8, 4) is 0 Å². The summed E-state index contributed by atoms with van der Waals surface area (Å²) in [6, 6.07) is 1.66. The first-order chi connectivity index (χ1) is 8.14. The van der Waals surface area contributed by atoms with Crippen LogP contribution in [0.15, 0.2) is 21.7 Å². The van der Waals surface area contributed by atoms with Gasteiger partial charge in [0.15, 0.2) is 0 Å². The van der Waals surface area contributed by atoms with Gasteiger partial charge in [0.05, 0.1) is 11.0 Å². The van der Waals surface area contributed by atoms with Crippen molar-refractivity contribution >= 4 is 21.4 Å². The molecule has 1 fully saturated rings. The highest BCUT2D eigenvalue weighted by Gasteiger charge is 2.29. The van der Waals surface area contributed by atoms with Crippen LogP contribution in [0.1, 0.15) is 19.8 Å². The van der Waals surface area contributed by atoms with E-state index < -0.39 is 10.0 Å². The second-order valence-electron chi connectivity index (χ2n) is 4.02. The van der Waals surface area contributed by atoms with Crippen LogP contribution in [0.25, 0.3) is 0 Å². The summed E-state index contributed by atoms with van der Waals surface area (Å²) in [5.41, 5.74) is 0. The molecule has 1 aliphatic heterocycles. The molecule has 4 nitrogen and oxygen atoms in total. The van der Waals surface area contributed by atoms with E-state index in [0.29, 0.717) is 24.6 Å². The Bertz CT molecular complexity index is 433. The predicted octanol–water partition coefficient (Wildman–Crippen LogP) is 1.94. The molecule has 0 spiro atoms. The Labute approximate surface area is 106 Å². The van der Waals surface area contributed by atoms with Gasteiger partial charge >= 0.3 is 0 Å². The van der Waals surface area contributed by atoms with Crippen molar-refractivity contribution in [3.63, 3.8) is 0 Å². The van der Waals surface area contributed by atoms with E-state index in [1.807, 2.05) is 6.92 Å². The first kappa shape index (κ1) is 13.0. The maximum atomic E-state index is 12.2. The summed E-state index contributed by atoms with van der Waals surface area (Å²) in [5, 5.41) is 3.48. The van der Waals surface area contributed by atoms with E-state index in [1.165, 1.54) is 11.3 Å². The molecule has 1 aromatic rings. The molecule has 1 aliphatic rings. The molecule has 96 valence electrons. The summed E-state index contributed by atoms with van der Waals surface area (Å²) >= 11 is 1.41. The average Bonchev–Trinajstić information content (AvgIpc) is 2.84. The minimum atomic E-state index is -3.27. The van der Waals surface area contributed by atoms with Gasteiger partial charge in [-0.15, -0.1) is 0 Å². The number of ether oxygens (including phenoxy) is 1. The maximum Gasteiger partial charge on any atom is 0.243 e. The Balaban J connectivity index is 2.01. The number of piperidine rings is 1. The lowest BCUT2D eigenvalue weighted by atomic mass is 10.1. The molecule has 0 aliphatic carbocycles. The van der Waals surface area contributed by atoms with E-state index in [1.54, 1.807) is 21.1 Å². The normalized spacial score (nSPS) is 19.6. The second kappa shape index (κ2) is 5.48. The molecule has 1 saturated heterocycles. The van der Waals surface area contributed by atoms with Crippen molar-refractivity contribution in [1.82, 2.24) is 4.31 Å². The van der Waals surface area contributed by atoms with Gasteiger partial charge in [-0.3, -0.25) is 0 Å². The van der Waals surface area contributed by atoms with Crippen molar-refractivity contribution in [2.45, 2.75) is 30.8 Å². The third kappa shape index (κ3) is 2.88. The first-order valence-corrected chi connectivity index (χ1v) is 8.17. The lowest BCUT2D eigenvalue weighted by Crippen LogP contribution is -2.40. The largest absolute Gasteiger partial charge is 0.378 e. The third-order valence-corrected chi connectivity index (χ3v) is 5.66. The second-order valence-corrected chi connectivity index (χ2v) is 6.74. The zero-order valence-corrected chi connectivity index (χ0v) is 11.5. The highest BCUT2D eigenvalue weighted by molar-refractivity contribution is 7.89. The molecule has 6 heteroatoms. The third-order valence-electron chi connectivity index (χ3n) is 2.94. The number of hydrogen-bond donors (Lipinski definition) is 0. The van der Waals surface area contributed by atoms with E-state index >= 15 is 0 Å². The summed E-state index contributed by atoms with van der Waals surface area (Å²) in [4.78, 5) is 0.414. The molecule has 0 bridgehead atoms. The molecule has 2 heterocycles. The molecular formula is C11H17NO3S2. The van der Waals surface area contributed by atoms with Gasteiger partial charge < -0.3 is 4.74 Å². The van der Waals surface area contributed by atoms with Gasteiger partial charge in [0.2, 0.25) is 10.0 Å². The molecule has 0 amide bonds. The molecule has 0 radical (unpaired) electrons. The Hall–Kier alpha value is -0.430. The maximum absolute atomic E-state index is 12.2. The predicted molar refractivity (Wildman–Crippen MR) is 67.7 cm³/mol. The van der Waals surface area contributed by atoms with Crippen LogP contribution in [-0.2, 0) is 14.8 Å². The highest BCUT2D eigenvalue weighted by atomic mass is 32.2. The van der Waals surface area contributed by atoms with Crippen LogP contribution in [0.3, 0.4) is 0 Å². The molecule has 0 aromatic carbocycles. The smallest absolute Gasteiger partial charge is 0.243 e. The van der Waals surface area contributed by atoms with Crippen LogP contribution in [0, 0.1) is 0 Å².